The molecule has 0 amide bonds. The fourth-order valence-corrected chi connectivity index (χ4v) is 2.51. The minimum absolute atomic E-state index is 0.334. The SMILES string of the molecule is NC1(C(=O)O)CCN(Cc2cnn(-c3ccccc3)n2)C1. The van der Waals surface area contributed by atoms with Crippen LogP contribution in [0.25, 0.3) is 5.69 Å². The molecule has 110 valence electrons. The lowest BCUT2D eigenvalue weighted by molar-refractivity contribution is -0.142. The molecule has 21 heavy (non-hydrogen) atoms. The number of benzene rings is 1. The number of nitrogens with two attached hydrogens (primary N) is 1. The molecule has 0 radical (unpaired) electrons. The van der Waals surface area contributed by atoms with Crippen molar-refractivity contribution < 1.29 is 9.90 Å². The van der Waals surface area contributed by atoms with Gasteiger partial charge >= 0.3 is 5.97 Å². The van der Waals surface area contributed by atoms with Gasteiger partial charge in [-0.1, -0.05) is 18.2 Å². The summed E-state index contributed by atoms with van der Waals surface area (Å²) >= 11 is 0. The number of aromatic nitrogens is 3. The van der Waals surface area contributed by atoms with Crippen LogP contribution in [0.15, 0.2) is 36.5 Å². The van der Waals surface area contributed by atoms with Crippen molar-refractivity contribution in [2.24, 2.45) is 5.73 Å². The summed E-state index contributed by atoms with van der Waals surface area (Å²) in [6.07, 6.45) is 2.15. The van der Waals surface area contributed by atoms with Gasteiger partial charge in [0.2, 0.25) is 0 Å². The van der Waals surface area contributed by atoms with Gasteiger partial charge in [0.05, 0.1) is 17.6 Å². The van der Waals surface area contributed by atoms with E-state index in [1.165, 1.54) is 0 Å². The van der Waals surface area contributed by atoms with E-state index in [4.69, 9.17) is 10.8 Å². The number of para-hydroxylation sites is 1. The van der Waals surface area contributed by atoms with Crippen LogP contribution in [0, 0.1) is 0 Å². The molecule has 1 atom stereocenters. The first-order valence-electron chi connectivity index (χ1n) is 6.78. The Morgan fingerprint density at radius 2 is 2.14 bits per heavy atom. The first-order valence-corrected chi connectivity index (χ1v) is 6.78. The van der Waals surface area contributed by atoms with Gasteiger partial charge < -0.3 is 10.8 Å². The Morgan fingerprint density at radius 1 is 1.38 bits per heavy atom. The molecule has 2 aromatic rings. The largest absolute Gasteiger partial charge is 0.480 e. The molecule has 1 unspecified atom stereocenters. The summed E-state index contributed by atoms with van der Waals surface area (Å²) in [4.78, 5) is 14.7. The zero-order chi connectivity index (χ0) is 14.9. The van der Waals surface area contributed by atoms with E-state index in [-0.39, 0.29) is 0 Å². The molecule has 2 heterocycles. The first-order chi connectivity index (χ1) is 10.1. The maximum absolute atomic E-state index is 11.1. The standard InChI is InChI=1S/C14H17N5O2/c15-14(13(20)21)6-7-18(10-14)9-11-8-16-19(17-11)12-4-2-1-3-5-12/h1-5,8H,6-7,9-10,15H2,(H,20,21). The van der Waals surface area contributed by atoms with Crippen LogP contribution >= 0.6 is 0 Å². The first kappa shape index (κ1) is 13.7. The number of carboxylic acids is 1. The number of aliphatic carboxylic acids is 1. The van der Waals surface area contributed by atoms with Gasteiger partial charge in [-0.15, -0.1) is 0 Å². The summed E-state index contributed by atoms with van der Waals surface area (Å²) < 4.78 is 0. The number of rotatable bonds is 4. The average molecular weight is 287 g/mol. The minimum atomic E-state index is -1.14. The predicted octanol–water partition coefficient (Wildman–Crippen LogP) is 0.255. The average Bonchev–Trinajstić information content (AvgIpc) is 3.08. The summed E-state index contributed by atoms with van der Waals surface area (Å²) in [5, 5.41) is 17.8. The fraction of sp³-hybridized carbons (Fsp3) is 0.357. The molecule has 7 heteroatoms. The van der Waals surface area contributed by atoms with E-state index in [2.05, 4.69) is 10.2 Å². The molecule has 7 nitrogen and oxygen atoms in total. The number of hydrogen-bond donors (Lipinski definition) is 2. The number of likely N-dealkylation sites (tertiary alicyclic amines) is 1. The highest BCUT2D eigenvalue weighted by Gasteiger charge is 2.41. The van der Waals surface area contributed by atoms with Gasteiger partial charge in [0.1, 0.15) is 5.54 Å². The van der Waals surface area contributed by atoms with Crippen LogP contribution < -0.4 is 5.73 Å². The second kappa shape index (κ2) is 5.27. The van der Waals surface area contributed by atoms with E-state index >= 15 is 0 Å². The number of carbonyl (C=O) groups is 1. The summed E-state index contributed by atoms with van der Waals surface area (Å²) in [5.74, 6) is -0.946. The molecule has 1 saturated heterocycles. The van der Waals surface area contributed by atoms with Crippen LogP contribution in [0.1, 0.15) is 12.1 Å². The Labute approximate surface area is 122 Å². The lowest BCUT2D eigenvalue weighted by atomic mass is 10.0. The van der Waals surface area contributed by atoms with Crippen LogP contribution in [0.5, 0.6) is 0 Å². The summed E-state index contributed by atoms with van der Waals surface area (Å²) in [5.41, 5.74) is 6.41. The van der Waals surface area contributed by atoms with Gasteiger partial charge in [-0.05, 0) is 18.6 Å². The molecule has 0 spiro atoms. The Balaban J connectivity index is 1.68. The number of hydrogen-bond acceptors (Lipinski definition) is 5. The van der Waals surface area contributed by atoms with Crippen molar-refractivity contribution in [1.29, 1.82) is 0 Å². The second-order valence-corrected chi connectivity index (χ2v) is 5.38. The third-order valence-electron chi connectivity index (χ3n) is 3.72. The van der Waals surface area contributed by atoms with Crippen LogP contribution in [-0.4, -0.2) is 49.6 Å². The van der Waals surface area contributed by atoms with Gasteiger partial charge in [0, 0.05) is 19.6 Å². The molecule has 1 aliphatic heterocycles. The van der Waals surface area contributed by atoms with Crippen molar-refractivity contribution in [3.63, 3.8) is 0 Å². The summed E-state index contributed by atoms with van der Waals surface area (Å²) in [7, 11) is 0. The van der Waals surface area contributed by atoms with E-state index < -0.39 is 11.5 Å². The highest BCUT2D eigenvalue weighted by Crippen LogP contribution is 2.20. The molecule has 0 aliphatic carbocycles. The van der Waals surface area contributed by atoms with Crippen molar-refractivity contribution >= 4 is 5.97 Å². The van der Waals surface area contributed by atoms with Gasteiger partial charge in [0.15, 0.2) is 0 Å². The predicted molar refractivity (Wildman–Crippen MR) is 75.8 cm³/mol. The van der Waals surface area contributed by atoms with E-state index in [0.717, 1.165) is 11.4 Å². The van der Waals surface area contributed by atoms with Gasteiger partial charge in [-0.2, -0.15) is 15.0 Å². The molecular weight excluding hydrogens is 270 g/mol. The third-order valence-corrected chi connectivity index (χ3v) is 3.72. The fourth-order valence-electron chi connectivity index (χ4n) is 2.51. The molecule has 1 aromatic carbocycles. The third kappa shape index (κ3) is 2.79. The normalized spacial score (nSPS) is 22.5. The Bertz CT molecular complexity index is 642. The highest BCUT2D eigenvalue weighted by molar-refractivity contribution is 5.79. The number of carboxylic acid groups (broad SMARTS) is 1. The lowest BCUT2D eigenvalue weighted by Gasteiger charge is -2.19. The molecule has 0 saturated carbocycles. The van der Waals surface area contributed by atoms with Crippen LogP contribution in [0.4, 0.5) is 0 Å². The monoisotopic (exact) mass is 287 g/mol. The quantitative estimate of drug-likeness (QED) is 0.837. The Morgan fingerprint density at radius 3 is 2.81 bits per heavy atom. The second-order valence-electron chi connectivity index (χ2n) is 5.38. The van der Waals surface area contributed by atoms with E-state index in [0.29, 0.717) is 26.1 Å². The topological polar surface area (TPSA) is 97.3 Å². The smallest absolute Gasteiger partial charge is 0.325 e. The van der Waals surface area contributed by atoms with Crippen molar-refractivity contribution in [2.45, 2.75) is 18.5 Å². The van der Waals surface area contributed by atoms with Crippen LogP contribution in [-0.2, 0) is 11.3 Å². The Kier molecular flexibility index (Phi) is 3.44. The summed E-state index contributed by atoms with van der Waals surface area (Å²) in [6.45, 7) is 1.54. The van der Waals surface area contributed by atoms with Gasteiger partial charge in [-0.3, -0.25) is 9.69 Å². The van der Waals surface area contributed by atoms with Crippen LogP contribution in [0.3, 0.4) is 0 Å². The van der Waals surface area contributed by atoms with E-state index in [9.17, 15) is 4.79 Å². The van der Waals surface area contributed by atoms with Gasteiger partial charge in [-0.25, -0.2) is 0 Å². The number of nitrogens with zero attached hydrogens (tertiary/aromatic N) is 4. The van der Waals surface area contributed by atoms with Gasteiger partial charge in [0.25, 0.3) is 0 Å². The molecule has 0 bridgehead atoms. The zero-order valence-corrected chi connectivity index (χ0v) is 11.5. The summed E-state index contributed by atoms with van der Waals surface area (Å²) in [6, 6.07) is 9.64. The minimum Gasteiger partial charge on any atom is -0.480 e. The maximum Gasteiger partial charge on any atom is 0.325 e. The van der Waals surface area contributed by atoms with Crippen molar-refractivity contribution in [3.8, 4) is 5.69 Å². The molecule has 3 N–H and O–H groups in total. The zero-order valence-electron chi connectivity index (χ0n) is 11.5. The van der Waals surface area contributed by atoms with Crippen molar-refractivity contribution in [1.82, 2.24) is 19.9 Å². The van der Waals surface area contributed by atoms with E-state index in [1.54, 1.807) is 11.0 Å². The molecule has 1 aliphatic rings. The lowest BCUT2D eigenvalue weighted by Crippen LogP contribution is -2.50. The molecule has 1 aromatic heterocycles. The maximum atomic E-state index is 11.1. The molecule has 3 rings (SSSR count). The molecular formula is C14H17N5O2. The van der Waals surface area contributed by atoms with Crippen LogP contribution in [0.2, 0.25) is 0 Å². The van der Waals surface area contributed by atoms with Crippen molar-refractivity contribution in [2.75, 3.05) is 13.1 Å². The highest BCUT2D eigenvalue weighted by atomic mass is 16.4. The van der Waals surface area contributed by atoms with E-state index in [1.807, 2.05) is 35.2 Å². The van der Waals surface area contributed by atoms with Crippen molar-refractivity contribution in [3.05, 3.63) is 42.2 Å². The molecule has 1 fully saturated rings. The Hall–Kier alpha value is -2.25.